The van der Waals surface area contributed by atoms with Crippen LogP contribution in [0.2, 0.25) is 0 Å². The topological polar surface area (TPSA) is 111 Å². The molecule has 0 aliphatic rings. The highest BCUT2D eigenvalue weighted by Crippen LogP contribution is 2.15. The fourth-order valence-corrected chi connectivity index (χ4v) is 3.03. The van der Waals surface area contributed by atoms with Crippen LogP contribution < -0.4 is 15.8 Å². The van der Waals surface area contributed by atoms with Gasteiger partial charge in [-0.15, -0.1) is 0 Å². The fraction of sp³-hybridized carbons (Fsp3) is 0.500. The normalized spacial score (nSPS) is 13.1. The molecule has 0 spiro atoms. The molecule has 0 bridgehead atoms. The summed E-state index contributed by atoms with van der Waals surface area (Å²) in [5.41, 5.74) is 5.97. The first-order chi connectivity index (χ1) is 10.3. The van der Waals surface area contributed by atoms with Gasteiger partial charge in [0, 0.05) is 25.4 Å². The number of methoxy groups -OCH3 is 1. The lowest BCUT2D eigenvalue weighted by Crippen LogP contribution is -2.30. The van der Waals surface area contributed by atoms with Gasteiger partial charge in [0.25, 0.3) is 0 Å². The van der Waals surface area contributed by atoms with E-state index in [9.17, 15) is 13.2 Å². The molecule has 0 heterocycles. The van der Waals surface area contributed by atoms with Crippen molar-refractivity contribution in [3.05, 3.63) is 24.3 Å². The number of ether oxygens (including phenoxy) is 1. The molecule has 0 radical (unpaired) electrons. The maximum atomic E-state index is 12.0. The maximum Gasteiger partial charge on any atom is 0.240 e. The largest absolute Gasteiger partial charge is 0.380 e. The second-order valence-corrected chi connectivity index (χ2v) is 6.86. The Balaban J connectivity index is 2.71. The maximum absolute atomic E-state index is 12.0. The van der Waals surface area contributed by atoms with Crippen molar-refractivity contribution in [2.24, 2.45) is 5.73 Å². The summed E-state index contributed by atoms with van der Waals surface area (Å²) in [4.78, 5) is 11.9. The lowest BCUT2D eigenvalue weighted by atomic mass is 10.2. The van der Waals surface area contributed by atoms with Crippen molar-refractivity contribution < 1.29 is 17.9 Å². The van der Waals surface area contributed by atoms with Crippen LogP contribution in [-0.4, -0.2) is 40.1 Å². The Labute approximate surface area is 131 Å². The zero-order chi connectivity index (χ0) is 16.8. The van der Waals surface area contributed by atoms with Crippen molar-refractivity contribution in [1.29, 1.82) is 0 Å². The molecule has 1 unspecified atom stereocenters. The van der Waals surface area contributed by atoms with Crippen LogP contribution in [-0.2, 0) is 19.6 Å². The molecular formula is C14H23N3O4S. The van der Waals surface area contributed by atoms with E-state index in [-0.39, 0.29) is 35.9 Å². The zero-order valence-electron chi connectivity index (χ0n) is 13.0. The van der Waals surface area contributed by atoms with E-state index < -0.39 is 10.0 Å². The van der Waals surface area contributed by atoms with Crippen LogP contribution in [0, 0.1) is 0 Å². The number of carbonyl (C=O) groups excluding carboxylic acids is 1. The number of sulfonamides is 1. The van der Waals surface area contributed by atoms with Gasteiger partial charge in [-0.1, -0.05) is 0 Å². The smallest absolute Gasteiger partial charge is 0.240 e. The molecule has 1 rings (SSSR count). The van der Waals surface area contributed by atoms with Crippen LogP contribution in [0.5, 0.6) is 0 Å². The molecule has 1 amide bonds. The molecular weight excluding hydrogens is 306 g/mol. The number of rotatable bonds is 8. The molecule has 124 valence electrons. The summed E-state index contributed by atoms with van der Waals surface area (Å²) in [5, 5.41) is 2.67. The average molecular weight is 329 g/mol. The van der Waals surface area contributed by atoms with Gasteiger partial charge in [-0.05, 0) is 38.1 Å². The number of benzene rings is 1. The van der Waals surface area contributed by atoms with Gasteiger partial charge in [-0.3, -0.25) is 4.79 Å². The Morgan fingerprint density at radius 1 is 1.27 bits per heavy atom. The molecule has 1 atom stereocenters. The Hall–Kier alpha value is -1.48. The SMILES string of the molecule is COC(CN)CC(=O)Nc1ccc(S(=O)(=O)NC(C)C)cc1. The monoisotopic (exact) mass is 329 g/mol. The summed E-state index contributed by atoms with van der Waals surface area (Å²) in [6.07, 6.45) is -0.197. The van der Waals surface area contributed by atoms with Crippen molar-refractivity contribution in [1.82, 2.24) is 4.72 Å². The van der Waals surface area contributed by atoms with E-state index in [1.165, 1.54) is 31.4 Å². The standard InChI is InChI=1S/C14H23N3O4S/c1-10(2)17-22(19,20)13-6-4-11(5-7-13)16-14(18)8-12(9-15)21-3/h4-7,10,12,17H,8-9,15H2,1-3H3,(H,16,18). The van der Waals surface area contributed by atoms with E-state index in [0.717, 1.165) is 0 Å². The molecule has 1 aromatic carbocycles. The highest BCUT2D eigenvalue weighted by molar-refractivity contribution is 7.89. The first kappa shape index (κ1) is 18.6. The molecule has 8 heteroatoms. The quantitative estimate of drug-likeness (QED) is 0.649. The molecule has 0 fully saturated rings. The Morgan fingerprint density at radius 2 is 1.86 bits per heavy atom. The highest BCUT2D eigenvalue weighted by Gasteiger charge is 2.16. The van der Waals surface area contributed by atoms with Gasteiger partial charge in [0.2, 0.25) is 15.9 Å². The van der Waals surface area contributed by atoms with E-state index in [0.29, 0.717) is 5.69 Å². The second kappa shape index (κ2) is 8.23. The van der Waals surface area contributed by atoms with Crippen LogP contribution in [0.3, 0.4) is 0 Å². The lowest BCUT2D eigenvalue weighted by molar-refractivity contribution is -0.118. The number of carbonyl (C=O) groups is 1. The number of anilines is 1. The third-order valence-electron chi connectivity index (χ3n) is 2.85. The van der Waals surface area contributed by atoms with E-state index in [4.69, 9.17) is 10.5 Å². The summed E-state index contributed by atoms with van der Waals surface area (Å²) >= 11 is 0. The molecule has 0 saturated carbocycles. The summed E-state index contributed by atoms with van der Waals surface area (Å²) < 4.78 is 31.5. The molecule has 0 aromatic heterocycles. The molecule has 4 N–H and O–H groups in total. The molecule has 0 aliphatic heterocycles. The minimum atomic E-state index is -3.53. The Kier molecular flexibility index (Phi) is 6.95. The van der Waals surface area contributed by atoms with Gasteiger partial charge in [0.15, 0.2) is 0 Å². The van der Waals surface area contributed by atoms with Gasteiger partial charge >= 0.3 is 0 Å². The van der Waals surface area contributed by atoms with E-state index in [2.05, 4.69) is 10.0 Å². The van der Waals surface area contributed by atoms with Crippen LogP contribution in [0.25, 0.3) is 0 Å². The van der Waals surface area contributed by atoms with Crippen molar-refractivity contribution in [2.75, 3.05) is 19.0 Å². The van der Waals surface area contributed by atoms with Gasteiger partial charge < -0.3 is 15.8 Å². The first-order valence-corrected chi connectivity index (χ1v) is 8.42. The molecule has 1 aromatic rings. The number of amides is 1. The Bertz CT molecular complexity index is 581. The van der Waals surface area contributed by atoms with Crippen molar-refractivity contribution >= 4 is 21.6 Å². The summed E-state index contributed by atoms with van der Waals surface area (Å²) in [7, 11) is -2.04. The highest BCUT2D eigenvalue weighted by atomic mass is 32.2. The van der Waals surface area contributed by atoms with Crippen LogP contribution >= 0.6 is 0 Å². The fourth-order valence-electron chi connectivity index (χ4n) is 1.78. The van der Waals surface area contributed by atoms with Crippen molar-refractivity contribution in [3.63, 3.8) is 0 Å². The van der Waals surface area contributed by atoms with Crippen LogP contribution in [0.4, 0.5) is 5.69 Å². The summed E-state index contributed by atoms with van der Waals surface area (Å²) in [6, 6.07) is 5.77. The summed E-state index contributed by atoms with van der Waals surface area (Å²) in [6.45, 7) is 3.74. The number of nitrogens with one attached hydrogen (secondary N) is 2. The van der Waals surface area contributed by atoms with Gasteiger partial charge in [0.1, 0.15) is 0 Å². The average Bonchev–Trinajstić information content (AvgIpc) is 2.44. The lowest BCUT2D eigenvalue weighted by Gasteiger charge is -2.13. The molecule has 0 aliphatic carbocycles. The minimum absolute atomic E-state index is 0.141. The minimum Gasteiger partial charge on any atom is -0.380 e. The molecule has 22 heavy (non-hydrogen) atoms. The van der Waals surface area contributed by atoms with E-state index >= 15 is 0 Å². The molecule has 0 saturated heterocycles. The third kappa shape index (κ3) is 5.72. The van der Waals surface area contributed by atoms with Gasteiger partial charge in [-0.2, -0.15) is 0 Å². The number of hydrogen-bond acceptors (Lipinski definition) is 5. The van der Waals surface area contributed by atoms with E-state index in [1.54, 1.807) is 13.8 Å². The number of hydrogen-bond donors (Lipinski definition) is 3. The number of nitrogens with two attached hydrogens (primary N) is 1. The van der Waals surface area contributed by atoms with Gasteiger partial charge in [0.05, 0.1) is 17.4 Å². The second-order valence-electron chi connectivity index (χ2n) is 5.15. The predicted octanol–water partition coefficient (Wildman–Crippen LogP) is 0.676. The third-order valence-corrected chi connectivity index (χ3v) is 4.52. The first-order valence-electron chi connectivity index (χ1n) is 6.93. The zero-order valence-corrected chi connectivity index (χ0v) is 13.8. The van der Waals surface area contributed by atoms with Crippen LogP contribution in [0.1, 0.15) is 20.3 Å². The Morgan fingerprint density at radius 3 is 2.32 bits per heavy atom. The van der Waals surface area contributed by atoms with Crippen LogP contribution in [0.15, 0.2) is 29.2 Å². The van der Waals surface area contributed by atoms with Gasteiger partial charge in [-0.25, -0.2) is 13.1 Å². The van der Waals surface area contributed by atoms with Crippen molar-refractivity contribution in [3.8, 4) is 0 Å². The summed E-state index contributed by atoms with van der Waals surface area (Å²) in [5.74, 6) is -0.242. The van der Waals surface area contributed by atoms with Crippen molar-refractivity contribution in [2.45, 2.75) is 37.3 Å². The predicted molar refractivity (Wildman–Crippen MR) is 85.0 cm³/mol. The van der Waals surface area contributed by atoms with E-state index in [1.807, 2.05) is 0 Å². The molecule has 7 nitrogen and oxygen atoms in total.